The van der Waals surface area contributed by atoms with E-state index in [1.54, 1.807) is 39.8 Å². The quantitative estimate of drug-likeness (QED) is 0.801. The number of carbonyl (C=O) groups is 1. The molecule has 0 bridgehead atoms. The van der Waals surface area contributed by atoms with Gasteiger partial charge in [-0.25, -0.2) is 9.67 Å². The van der Waals surface area contributed by atoms with Crippen LogP contribution < -0.4 is 0 Å². The van der Waals surface area contributed by atoms with E-state index < -0.39 is 17.4 Å². The fourth-order valence-corrected chi connectivity index (χ4v) is 1.36. The Balaban J connectivity index is 3.27. The lowest BCUT2D eigenvalue weighted by Gasteiger charge is -2.20. The van der Waals surface area contributed by atoms with Crippen molar-refractivity contribution in [1.82, 2.24) is 19.7 Å². The van der Waals surface area contributed by atoms with Crippen LogP contribution in [0, 0.1) is 5.41 Å². The first kappa shape index (κ1) is 16.2. The normalized spacial score (nSPS) is 13.5. The second-order valence-corrected chi connectivity index (χ2v) is 5.57. The number of Topliss-reactive ketones (excluding diaryl/α,β-unsaturated/α-hetero) is 1. The number of hydrogen-bond acceptors (Lipinski definition) is 4. The highest BCUT2D eigenvalue weighted by atomic mass is 19.4. The fraction of sp³-hybridized carbons (Fsp3) is 0.583. The van der Waals surface area contributed by atoms with Gasteiger partial charge in [-0.3, -0.25) is 4.79 Å². The molecule has 0 saturated heterocycles. The maximum Gasteiger partial charge on any atom is 0.453 e. The number of carbonyl (C=O) groups excluding carboxylic acids is 1. The molecule has 0 amide bonds. The molecule has 0 saturated carbocycles. The molecule has 112 valence electrons. The maximum atomic E-state index is 12.5. The van der Waals surface area contributed by atoms with Gasteiger partial charge in [-0.15, -0.1) is 5.10 Å². The minimum absolute atomic E-state index is 0.0329. The van der Waals surface area contributed by atoms with Gasteiger partial charge in [-0.2, -0.15) is 13.2 Å². The monoisotopic (exact) mass is 290 g/mol. The molecule has 0 unspecified atom stereocenters. The Morgan fingerprint density at radius 2 is 1.85 bits per heavy atom. The molecule has 0 aliphatic rings. The summed E-state index contributed by atoms with van der Waals surface area (Å²) in [5.41, 5.74) is -0.711. The van der Waals surface area contributed by atoms with Crippen LogP contribution in [0.25, 0.3) is 5.70 Å². The van der Waals surface area contributed by atoms with E-state index in [0.717, 1.165) is 11.0 Å². The molecule has 1 rings (SSSR count). The van der Waals surface area contributed by atoms with Crippen molar-refractivity contribution in [3.63, 3.8) is 0 Å². The van der Waals surface area contributed by atoms with Crippen molar-refractivity contribution < 1.29 is 18.0 Å². The fourth-order valence-electron chi connectivity index (χ4n) is 1.36. The summed E-state index contributed by atoms with van der Waals surface area (Å²) in [5.74, 6) is -1.60. The molecule has 20 heavy (non-hydrogen) atoms. The van der Waals surface area contributed by atoms with E-state index in [0.29, 0.717) is 0 Å². The Bertz CT molecular complexity index is 524. The molecule has 0 spiro atoms. The van der Waals surface area contributed by atoms with Crippen LogP contribution in [0.2, 0.25) is 0 Å². The standard InChI is InChI=1S/C12H17F3N4O/c1-11(2,3)9(20)8(6-18(4)5)19-7-16-10(17-19)12(13,14)15/h6-7H,1-5H3. The second-order valence-electron chi connectivity index (χ2n) is 5.57. The number of aromatic nitrogens is 3. The summed E-state index contributed by atoms with van der Waals surface area (Å²) in [5, 5.41) is 3.33. The van der Waals surface area contributed by atoms with Crippen LogP contribution in [0.15, 0.2) is 12.5 Å². The van der Waals surface area contributed by atoms with Crippen molar-refractivity contribution in [1.29, 1.82) is 0 Å². The minimum atomic E-state index is -4.64. The first-order chi connectivity index (χ1) is 8.93. The van der Waals surface area contributed by atoms with Gasteiger partial charge in [0.25, 0.3) is 5.82 Å². The summed E-state index contributed by atoms with van der Waals surface area (Å²) in [4.78, 5) is 17.1. The molecule has 0 aliphatic carbocycles. The van der Waals surface area contributed by atoms with Gasteiger partial charge in [0, 0.05) is 25.7 Å². The molecule has 0 radical (unpaired) electrons. The second kappa shape index (κ2) is 5.26. The van der Waals surface area contributed by atoms with Gasteiger partial charge in [-0.1, -0.05) is 20.8 Å². The number of allylic oxidation sites excluding steroid dienone is 1. The van der Waals surface area contributed by atoms with E-state index in [4.69, 9.17) is 0 Å². The molecule has 1 aromatic heterocycles. The largest absolute Gasteiger partial charge is 0.453 e. The predicted octanol–water partition coefficient (Wildman–Crippen LogP) is 2.27. The van der Waals surface area contributed by atoms with Gasteiger partial charge in [0.2, 0.25) is 0 Å². The first-order valence-corrected chi connectivity index (χ1v) is 5.85. The predicted molar refractivity (Wildman–Crippen MR) is 67.4 cm³/mol. The van der Waals surface area contributed by atoms with Gasteiger partial charge >= 0.3 is 6.18 Å². The molecule has 0 aliphatic heterocycles. The molecule has 1 aromatic rings. The third-order valence-electron chi connectivity index (χ3n) is 2.29. The van der Waals surface area contributed by atoms with Crippen LogP contribution in [-0.2, 0) is 11.0 Å². The number of rotatable bonds is 3. The summed E-state index contributed by atoms with van der Waals surface area (Å²) in [6, 6.07) is 0. The van der Waals surface area contributed by atoms with Crippen molar-refractivity contribution >= 4 is 11.5 Å². The van der Waals surface area contributed by atoms with E-state index in [2.05, 4.69) is 10.1 Å². The Morgan fingerprint density at radius 1 is 1.30 bits per heavy atom. The van der Waals surface area contributed by atoms with Crippen LogP contribution in [-0.4, -0.2) is 39.5 Å². The number of nitrogens with zero attached hydrogens (tertiary/aromatic N) is 4. The zero-order valence-electron chi connectivity index (χ0n) is 12.0. The smallest absolute Gasteiger partial charge is 0.382 e. The first-order valence-electron chi connectivity index (χ1n) is 5.85. The molecule has 0 fully saturated rings. The average Bonchev–Trinajstić information content (AvgIpc) is 2.71. The molecule has 8 heteroatoms. The summed E-state index contributed by atoms with van der Waals surface area (Å²) in [7, 11) is 3.33. The van der Waals surface area contributed by atoms with Crippen molar-refractivity contribution in [3.05, 3.63) is 18.4 Å². The highest BCUT2D eigenvalue weighted by Gasteiger charge is 2.37. The van der Waals surface area contributed by atoms with Crippen LogP contribution in [0.1, 0.15) is 26.6 Å². The maximum absolute atomic E-state index is 12.5. The number of ketones is 1. The molecule has 1 heterocycles. The molecular weight excluding hydrogens is 273 g/mol. The van der Waals surface area contributed by atoms with Crippen molar-refractivity contribution in [2.45, 2.75) is 26.9 Å². The molecule has 5 nitrogen and oxygen atoms in total. The zero-order valence-corrected chi connectivity index (χ0v) is 12.0. The number of hydrogen-bond donors (Lipinski definition) is 0. The Labute approximate surface area is 115 Å². The van der Waals surface area contributed by atoms with E-state index in [-0.39, 0.29) is 11.5 Å². The zero-order chi connectivity index (χ0) is 15.7. The molecule has 0 N–H and O–H groups in total. The topological polar surface area (TPSA) is 51.0 Å². The lowest BCUT2D eigenvalue weighted by atomic mass is 9.89. The molecule has 0 atom stereocenters. The van der Waals surface area contributed by atoms with Gasteiger partial charge in [-0.05, 0) is 0 Å². The van der Waals surface area contributed by atoms with Crippen LogP contribution in [0.4, 0.5) is 13.2 Å². The van der Waals surface area contributed by atoms with Crippen LogP contribution in [0.3, 0.4) is 0 Å². The van der Waals surface area contributed by atoms with Gasteiger partial charge < -0.3 is 4.90 Å². The van der Waals surface area contributed by atoms with Crippen molar-refractivity contribution in [2.24, 2.45) is 5.41 Å². The Morgan fingerprint density at radius 3 is 2.20 bits per heavy atom. The average molecular weight is 290 g/mol. The van der Waals surface area contributed by atoms with Crippen LogP contribution >= 0.6 is 0 Å². The van der Waals surface area contributed by atoms with Gasteiger partial charge in [0.15, 0.2) is 5.78 Å². The molecular formula is C12H17F3N4O. The lowest BCUT2D eigenvalue weighted by molar-refractivity contribution is -0.144. The SMILES string of the molecule is CN(C)C=C(C(=O)C(C)(C)C)n1cnc(C(F)(F)F)n1. The van der Waals surface area contributed by atoms with Crippen molar-refractivity contribution in [2.75, 3.05) is 14.1 Å². The van der Waals surface area contributed by atoms with Crippen LogP contribution in [0.5, 0.6) is 0 Å². The minimum Gasteiger partial charge on any atom is -0.382 e. The highest BCUT2D eigenvalue weighted by molar-refractivity contribution is 6.17. The van der Waals surface area contributed by atoms with E-state index in [9.17, 15) is 18.0 Å². The van der Waals surface area contributed by atoms with Gasteiger partial charge in [0.1, 0.15) is 12.0 Å². The molecule has 0 aromatic carbocycles. The number of alkyl halides is 3. The van der Waals surface area contributed by atoms with Crippen molar-refractivity contribution in [3.8, 4) is 0 Å². The van der Waals surface area contributed by atoms with Gasteiger partial charge in [0.05, 0.1) is 0 Å². The van der Waals surface area contributed by atoms with E-state index >= 15 is 0 Å². The Hall–Kier alpha value is -1.86. The summed E-state index contributed by atoms with van der Waals surface area (Å²) in [6.07, 6.45) is -2.33. The summed E-state index contributed by atoms with van der Waals surface area (Å²) in [6.45, 7) is 5.04. The highest BCUT2D eigenvalue weighted by Crippen LogP contribution is 2.27. The Kier molecular flexibility index (Phi) is 4.26. The number of halogens is 3. The van der Waals surface area contributed by atoms with E-state index in [1.807, 2.05) is 0 Å². The summed E-state index contributed by atoms with van der Waals surface area (Å²) < 4.78 is 38.4. The third kappa shape index (κ3) is 3.82. The van der Waals surface area contributed by atoms with E-state index in [1.165, 1.54) is 6.20 Å². The lowest BCUT2D eigenvalue weighted by Crippen LogP contribution is -2.26. The summed E-state index contributed by atoms with van der Waals surface area (Å²) >= 11 is 0. The third-order valence-corrected chi connectivity index (χ3v) is 2.29.